The van der Waals surface area contributed by atoms with Crippen molar-refractivity contribution in [2.24, 2.45) is 0 Å². The van der Waals surface area contributed by atoms with Crippen LogP contribution < -0.4 is 5.32 Å². The van der Waals surface area contributed by atoms with Crippen LogP contribution in [0.5, 0.6) is 0 Å². The Bertz CT molecular complexity index is 678. The standard InChI is InChI=1S/C18H18FNO2/c19-16-7-5-15(6-8-16)18(9-10-18)17(22)20-11-13-3-1-2-4-14(13)12-21/h1-8,21H,9-12H2,(H,20,22). The molecule has 4 heteroatoms. The topological polar surface area (TPSA) is 49.3 Å². The fraction of sp³-hybridized carbons (Fsp3) is 0.278. The van der Waals surface area contributed by atoms with Gasteiger partial charge in [0.05, 0.1) is 12.0 Å². The van der Waals surface area contributed by atoms with Crippen LogP contribution in [0.1, 0.15) is 29.5 Å². The molecule has 0 aliphatic heterocycles. The zero-order valence-corrected chi connectivity index (χ0v) is 12.2. The molecular formula is C18H18FNO2. The predicted molar refractivity (Wildman–Crippen MR) is 81.5 cm³/mol. The van der Waals surface area contributed by atoms with Gasteiger partial charge in [-0.2, -0.15) is 0 Å². The lowest BCUT2D eigenvalue weighted by molar-refractivity contribution is -0.123. The first-order chi connectivity index (χ1) is 10.7. The summed E-state index contributed by atoms with van der Waals surface area (Å²) in [5.41, 5.74) is 2.08. The largest absolute Gasteiger partial charge is 0.392 e. The number of nitrogens with one attached hydrogen (secondary N) is 1. The average Bonchev–Trinajstić information content (AvgIpc) is 3.35. The highest BCUT2D eigenvalue weighted by atomic mass is 19.1. The molecule has 1 saturated carbocycles. The summed E-state index contributed by atoms with van der Waals surface area (Å²) in [4.78, 5) is 12.5. The van der Waals surface area contributed by atoms with Crippen molar-refractivity contribution in [2.75, 3.05) is 0 Å². The maximum atomic E-state index is 13.0. The first kappa shape index (κ1) is 14.7. The normalized spacial score (nSPS) is 15.4. The molecule has 0 aromatic heterocycles. The number of aliphatic hydroxyl groups is 1. The molecule has 2 aromatic rings. The van der Waals surface area contributed by atoms with Crippen LogP contribution >= 0.6 is 0 Å². The monoisotopic (exact) mass is 299 g/mol. The van der Waals surface area contributed by atoms with Crippen molar-refractivity contribution in [1.82, 2.24) is 5.32 Å². The number of rotatable bonds is 5. The minimum atomic E-state index is -0.512. The van der Waals surface area contributed by atoms with Crippen molar-refractivity contribution in [1.29, 1.82) is 0 Å². The van der Waals surface area contributed by atoms with E-state index >= 15 is 0 Å². The first-order valence-electron chi connectivity index (χ1n) is 7.38. The van der Waals surface area contributed by atoms with E-state index in [1.165, 1.54) is 12.1 Å². The van der Waals surface area contributed by atoms with E-state index < -0.39 is 5.41 Å². The zero-order valence-electron chi connectivity index (χ0n) is 12.2. The van der Waals surface area contributed by atoms with Crippen molar-refractivity contribution >= 4 is 5.91 Å². The number of amides is 1. The molecule has 3 rings (SSSR count). The van der Waals surface area contributed by atoms with Crippen LogP contribution in [0.4, 0.5) is 4.39 Å². The van der Waals surface area contributed by atoms with Gasteiger partial charge in [-0.25, -0.2) is 4.39 Å². The van der Waals surface area contributed by atoms with Crippen molar-refractivity contribution < 1.29 is 14.3 Å². The van der Waals surface area contributed by atoms with Gasteiger partial charge in [-0.3, -0.25) is 4.79 Å². The molecule has 1 amide bonds. The van der Waals surface area contributed by atoms with Gasteiger partial charge in [-0.15, -0.1) is 0 Å². The third-order valence-electron chi connectivity index (χ3n) is 4.31. The molecule has 0 atom stereocenters. The van der Waals surface area contributed by atoms with E-state index in [9.17, 15) is 14.3 Å². The second kappa shape index (κ2) is 5.89. The third kappa shape index (κ3) is 2.74. The van der Waals surface area contributed by atoms with Gasteiger partial charge in [-0.1, -0.05) is 36.4 Å². The molecule has 114 valence electrons. The molecule has 22 heavy (non-hydrogen) atoms. The van der Waals surface area contributed by atoms with E-state index in [4.69, 9.17) is 0 Å². The molecule has 0 radical (unpaired) electrons. The number of halogens is 1. The summed E-state index contributed by atoms with van der Waals surface area (Å²) in [5.74, 6) is -0.330. The van der Waals surface area contributed by atoms with Gasteiger partial charge < -0.3 is 10.4 Å². The molecule has 1 fully saturated rings. The SMILES string of the molecule is O=C(NCc1ccccc1CO)C1(c2ccc(F)cc2)CC1. The summed E-state index contributed by atoms with van der Waals surface area (Å²) in [6.07, 6.45) is 1.57. The number of carbonyl (C=O) groups is 1. The summed E-state index contributed by atoms with van der Waals surface area (Å²) in [5, 5.41) is 12.3. The van der Waals surface area contributed by atoms with E-state index in [0.717, 1.165) is 29.5 Å². The van der Waals surface area contributed by atoms with Crippen molar-refractivity contribution in [3.63, 3.8) is 0 Å². The second-order valence-electron chi connectivity index (χ2n) is 5.70. The van der Waals surface area contributed by atoms with E-state index in [1.54, 1.807) is 12.1 Å². The minimum absolute atomic E-state index is 0.0353. The molecular weight excluding hydrogens is 281 g/mol. The van der Waals surface area contributed by atoms with Gasteiger partial charge in [0.25, 0.3) is 0 Å². The third-order valence-corrected chi connectivity index (χ3v) is 4.31. The molecule has 1 aliphatic rings. The van der Waals surface area contributed by atoms with E-state index in [-0.39, 0.29) is 18.3 Å². The highest BCUT2D eigenvalue weighted by Crippen LogP contribution is 2.48. The molecule has 0 saturated heterocycles. The maximum absolute atomic E-state index is 13.0. The predicted octanol–water partition coefficient (Wildman–Crippen LogP) is 2.67. The van der Waals surface area contributed by atoms with Crippen LogP contribution in [-0.2, 0) is 23.4 Å². The lowest BCUT2D eigenvalue weighted by Crippen LogP contribution is -2.34. The fourth-order valence-corrected chi connectivity index (χ4v) is 2.77. The Balaban J connectivity index is 1.71. The summed E-state index contributed by atoms with van der Waals surface area (Å²) >= 11 is 0. The molecule has 2 aromatic carbocycles. The van der Waals surface area contributed by atoms with Crippen LogP contribution in [0, 0.1) is 5.82 Å². The molecule has 0 spiro atoms. The Labute approximate surface area is 128 Å². The molecule has 3 nitrogen and oxygen atoms in total. The summed E-state index contributed by atoms with van der Waals surface area (Å²) in [6.45, 7) is 0.341. The summed E-state index contributed by atoms with van der Waals surface area (Å²) in [7, 11) is 0. The Kier molecular flexibility index (Phi) is 3.94. The zero-order chi connectivity index (χ0) is 15.6. The Morgan fingerprint density at radius 2 is 1.73 bits per heavy atom. The van der Waals surface area contributed by atoms with Gasteiger partial charge in [0.1, 0.15) is 5.82 Å². The van der Waals surface area contributed by atoms with Gasteiger partial charge in [-0.05, 0) is 41.7 Å². The van der Waals surface area contributed by atoms with Crippen molar-refractivity contribution in [3.05, 3.63) is 71.0 Å². The molecule has 1 aliphatic carbocycles. The lowest BCUT2D eigenvalue weighted by Gasteiger charge is -2.16. The van der Waals surface area contributed by atoms with Crippen LogP contribution in [0.25, 0.3) is 0 Å². The van der Waals surface area contributed by atoms with E-state index in [0.29, 0.717) is 6.54 Å². The van der Waals surface area contributed by atoms with Crippen molar-refractivity contribution in [2.45, 2.75) is 31.4 Å². The van der Waals surface area contributed by atoms with Crippen LogP contribution in [0.2, 0.25) is 0 Å². The van der Waals surface area contributed by atoms with Gasteiger partial charge in [0.2, 0.25) is 5.91 Å². The Morgan fingerprint density at radius 1 is 1.09 bits per heavy atom. The second-order valence-corrected chi connectivity index (χ2v) is 5.70. The lowest BCUT2D eigenvalue weighted by atomic mass is 9.95. The quantitative estimate of drug-likeness (QED) is 0.892. The number of hydrogen-bond acceptors (Lipinski definition) is 2. The fourth-order valence-electron chi connectivity index (χ4n) is 2.77. The van der Waals surface area contributed by atoms with Crippen LogP contribution in [0.3, 0.4) is 0 Å². The summed E-state index contributed by atoms with van der Waals surface area (Å²) in [6, 6.07) is 13.6. The maximum Gasteiger partial charge on any atom is 0.230 e. The smallest absolute Gasteiger partial charge is 0.230 e. The molecule has 0 heterocycles. The Hall–Kier alpha value is -2.20. The minimum Gasteiger partial charge on any atom is -0.392 e. The Morgan fingerprint density at radius 3 is 2.32 bits per heavy atom. The summed E-state index contributed by atoms with van der Waals surface area (Å²) < 4.78 is 13.0. The highest BCUT2D eigenvalue weighted by molar-refractivity contribution is 5.91. The van der Waals surface area contributed by atoms with Gasteiger partial charge >= 0.3 is 0 Å². The number of carbonyl (C=O) groups excluding carboxylic acids is 1. The number of hydrogen-bond donors (Lipinski definition) is 2. The molecule has 2 N–H and O–H groups in total. The van der Waals surface area contributed by atoms with Crippen LogP contribution in [0.15, 0.2) is 48.5 Å². The van der Waals surface area contributed by atoms with Gasteiger partial charge in [0, 0.05) is 6.54 Å². The average molecular weight is 299 g/mol. The molecule has 0 bridgehead atoms. The first-order valence-corrected chi connectivity index (χ1v) is 7.38. The van der Waals surface area contributed by atoms with E-state index in [2.05, 4.69) is 5.32 Å². The molecule has 0 unspecified atom stereocenters. The highest BCUT2D eigenvalue weighted by Gasteiger charge is 2.51. The van der Waals surface area contributed by atoms with Gasteiger partial charge in [0.15, 0.2) is 0 Å². The van der Waals surface area contributed by atoms with Crippen LogP contribution in [-0.4, -0.2) is 11.0 Å². The number of benzene rings is 2. The number of aliphatic hydroxyl groups excluding tert-OH is 1. The van der Waals surface area contributed by atoms with Crippen molar-refractivity contribution in [3.8, 4) is 0 Å². The van der Waals surface area contributed by atoms with E-state index in [1.807, 2.05) is 24.3 Å².